The Kier molecular flexibility index (Phi) is 8.51. The van der Waals surface area contributed by atoms with Crippen molar-refractivity contribution in [2.45, 2.75) is 81.6 Å². The van der Waals surface area contributed by atoms with Crippen molar-refractivity contribution in [2.75, 3.05) is 0 Å². The van der Waals surface area contributed by atoms with Gasteiger partial charge in [-0.1, -0.05) is 140 Å². The molecule has 1 heterocycles. The van der Waals surface area contributed by atoms with Crippen LogP contribution in [0.1, 0.15) is 102 Å². The summed E-state index contributed by atoms with van der Waals surface area (Å²) < 4.78 is 2.79. The van der Waals surface area contributed by atoms with E-state index in [1.165, 1.54) is 94.2 Å². The molecule has 7 aliphatic rings. The molecule has 2 heteroatoms. The Bertz CT molecular complexity index is 2950. The van der Waals surface area contributed by atoms with Gasteiger partial charge in [-0.25, -0.2) is 0 Å². The summed E-state index contributed by atoms with van der Waals surface area (Å²) in [6, 6.07) is 32.4. The zero-order chi connectivity index (χ0) is 38.9. The Morgan fingerprint density at radius 3 is 2.39 bits per heavy atom. The third-order valence-corrected chi connectivity index (χ3v) is 15.4. The monoisotopic (exact) mass is 779 g/mol. The molecule has 4 aromatic carbocycles. The van der Waals surface area contributed by atoms with E-state index in [1.807, 2.05) is 11.3 Å². The molecule has 0 aliphatic heterocycles. The number of allylic oxidation sites excluding steroid dienone is 13. The molecule has 0 bridgehead atoms. The van der Waals surface area contributed by atoms with Crippen LogP contribution in [0, 0.1) is 0 Å². The Hall–Kier alpha value is -5.70. The number of hydrogen-bond acceptors (Lipinski definition) is 2. The van der Waals surface area contributed by atoms with Crippen molar-refractivity contribution in [3.8, 4) is 0 Å². The molecule has 1 aromatic heterocycles. The van der Waals surface area contributed by atoms with Gasteiger partial charge in [0.25, 0.3) is 0 Å². The summed E-state index contributed by atoms with van der Waals surface area (Å²) in [5.74, 6) is 0.364. The van der Waals surface area contributed by atoms with Crippen molar-refractivity contribution in [2.24, 2.45) is 0 Å². The maximum Gasteiger partial charge on any atom is 0.0707 e. The van der Waals surface area contributed by atoms with Gasteiger partial charge in [-0.3, -0.25) is 0 Å². The minimum absolute atomic E-state index is 0.227. The van der Waals surface area contributed by atoms with E-state index >= 15 is 0 Å². The lowest BCUT2D eigenvalue weighted by Crippen LogP contribution is -2.39. The van der Waals surface area contributed by atoms with Crippen molar-refractivity contribution >= 4 is 51.3 Å². The zero-order valence-electron chi connectivity index (χ0n) is 33.7. The molecule has 1 nitrogen and oxygen atoms in total. The van der Waals surface area contributed by atoms with E-state index in [9.17, 15) is 0 Å². The third-order valence-electron chi connectivity index (χ3n) is 14.3. The number of benzene rings is 4. The standard InChI is InChI=1S/C57H49NS/c1-3-16-40(17-4-1)57(41-18-5-2-6-19-41)53-25-13-11-23-48(53)49-33-31-43(36-54(49)57)58(44-32-34-51-50-24-12-14-26-55(50)59-56(51)37-44)42-29-27-38(28-30-42)52-35-39-15-7-8-20-45(39)46-21-9-10-22-47(46)52/h1,3-5,7,10-19,22-27,29-30,34-38,44H,2,6,8-9,20-21,28,31-33H2. The van der Waals surface area contributed by atoms with Crippen LogP contribution in [-0.4, -0.2) is 10.9 Å². The zero-order valence-corrected chi connectivity index (χ0v) is 34.5. The number of thiophene rings is 1. The van der Waals surface area contributed by atoms with Gasteiger partial charge in [0.1, 0.15) is 0 Å². The summed E-state index contributed by atoms with van der Waals surface area (Å²) in [4.78, 5) is 2.76. The second-order valence-corrected chi connectivity index (χ2v) is 18.5. The molecule has 0 spiro atoms. The summed E-state index contributed by atoms with van der Waals surface area (Å²) in [7, 11) is 0. The molecule has 0 saturated carbocycles. The number of hydrogen-bond donors (Lipinski definition) is 0. The van der Waals surface area contributed by atoms with Gasteiger partial charge in [0.15, 0.2) is 0 Å². The first-order valence-corrected chi connectivity index (χ1v) is 22.9. The quantitative estimate of drug-likeness (QED) is 0.166. The highest BCUT2D eigenvalue weighted by Crippen LogP contribution is 2.59. The molecule has 5 aromatic rings. The highest BCUT2D eigenvalue weighted by Gasteiger charge is 2.49. The third kappa shape index (κ3) is 5.56. The van der Waals surface area contributed by atoms with Gasteiger partial charge in [0, 0.05) is 26.5 Å². The topological polar surface area (TPSA) is 3.24 Å². The molecule has 59 heavy (non-hydrogen) atoms. The summed E-state index contributed by atoms with van der Waals surface area (Å²) in [5, 5.41) is 2.81. The fourth-order valence-electron chi connectivity index (χ4n) is 11.7. The first kappa shape index (κ1) is 35.3. The van der Waals surface area contributed by atoms with Crippen LogP contribution in [0.15, 0.2) is 162 Å². The van der Waals surface area contributed by atoms with Crippen LogP contribution in [-0.2, 0) is 18.3 Å². The predicted molar refractivity (Wildman–Crippen MR) is 250 cm³/mol. The van der Waals surface area contributed by atoms with E-state index in [4.69, 9.17) is 0 Å². The minimum Gasteiger partial charge on any atom is -0.338 e. The van der Waals surface area contributed by atoms with Crippen LogP contribution < -0.4 is 9.75 Å². The molecule has 3 unspecified atom stereocenters. The Balaban J connectivity index is 1.01. The van der Waals surface area contributed by atoms with E-state index in [0.717, 1.165) is 51.4 Å². The van der Waals surface area contributed by atoms with Gasteiger partial charge in [-0.05, 0) is 160 Å². The molecule has 0 amide bonds. The summed E-state index contributed by atoms with van der Waals surface area (Å²) >= 11 is 1.95. The van der Waals surface area contributed by atoms with Crippen molar-refractivity contribution in [3.05, 3.63) is 216 Å². The lowest BCUT2D eigenvalue weighted by molar-refractivity contribution is 0.373. The lowest BCUT2D eigenvalue weighted by atomic mass is 9.64. The Labute approximate surface area is 352 Å². The van der Waals surface area contributed by atoms with Crippen LogP contribution in [0.4, 0.5) is 0 Å². The molecule has 0 fully saturated rings. The lowest BCUT2D eigenvalue weighted by Gasteiger charge is -2.41. The largest absolute Gasteiger partial charge is 0.338 e. The van der Waals surface area contributed by atoms with Gasteiger partial charge in [-0.2, -0.15) is 0 Å². The molecule has 12 rings (SSSR count). The summed E-state index contributed by atoms with van der Waals surface area (Å²) in [5.41, 5.74) is 18.7. The highest BCUT2D eigenvalue weighted by atomic mass is 32.1. The van der Waals surface area contributed by atoms with Gasteiger partial charge >= 0.3 is 0 Å². The van der Waals surface area contributed by atoms with Crippen LogP contribution in [0.3, 0.4) is 0 Å². The van der Waals surface area contributed by atoms with E-state index in [1.54, 1.807) is 11.1 Å². The van der Waals surface area contributed by atoms with Gasteiger partial charge in [0.05, 0.1) is 11.5 Å². The van der Waals surface area contributed by atoms with Crippen molar-refractivity contribution in [3.63, 3.8) is 0 Å². The maximum absolute atomic E-state index is 2.76. The number of fused-ring (bicyclic) bond motifs is 8. The predicted octanol–water partition coefficient (Wildman–Crippen LogP) is 12.8. The Morgan fingerprint density at radius 1 is 0.678 bits per heavy atom. The van der Waals surface area contributed by atoms with E-state index < -0.39 is 0 Å². The highest BCUT2D eigenvalue weighted by molar-refractivity contribution is 7.17. The summed E-state index contributed by atoms with van der Waals surface area (Å²) in [6.07, 6.45) is 43.3. The molecule has 7 aliphatic carbocycles. The van der Waals surface area contributed by atoms with E-state index in [2.05, 4.69) is 169 Å². The maximum atomic E-state index is 2.76. The molecular weight excluding hydrogens is 731 g/mol. The minimum atomic E-state index is -0.349. The molecule has 288 valence electrons. The SMILES string of the molecule is C1=CC(C2(c3ccccc3)C3=C(CCC(N(C4=CCC(c5cc6c(c7c5C=CCC7)CCC=C6)C=C4)C4C=c5sc6ccccc6c5=CC4)=C3)c3ccccc32)=CCC1. The van der Waals surface area contributed by atoms with E-state index in [-0.39, 0.29) is 11.5 Å². The number of rotatable bonds is 6. The second-order valence-electron chi connectivity index (χ2n) is 17.4. The normalized spacial score (nSPS) is 23.6. The first-order chi connectivity index (χ1) is 29.3. The average Bonchev–Trinajstić information content (AvgIpc) is 3.83. The molecule has 3 atom stereocenters. The van der Waals surface area contributed by atoms with Crippen molar-refractivity contribution in [1.82, 2.24) is 4.90 Å². The summed E-state index contributed by atoms with van der Waals surface area (Å²) in [6.45, 7) is 0. The molecule has 0 radical (unpaired) electrons. The molecule has 0 N–H and O–H groups in total. The Morgan fingerprint density at radius 2 is 1.51 bits per heavy atom. The van der Waals surface area contributed by atoms with Gasteiger partial charge in [-0.15, -0.1) is 11.3 Å². The van der Waals surface area contributed by atoms with Crippen LogP contribution in [0.5, 0.6) is 0 Å². The van der Waals surface area contributed by atoms with Crippen LogP contribution >= 0.6 is 11.3 Å². The molecule has 0 saturated heterocycles. The molecular formula is C57H49NS. The van der Waals surface area contributed by atoms with Gasteiger partial charge < -0.3 is 4.90 Å². The first-order valence-electron chi connectivity index (χ1n) is 22.1. The second kappa shape index (κ2) is 14.2. The fraction of sp³-hybridized carbons (Fsp3) is 0.228. The number of nitrogens with zero attached hydrogens (tertiary/aromatic N) is 1. The van der Waals surface area contributed by atoms with Crippen LogP contribution in [0.2, 0.25) is 0 Å². The average molecular weight is 780 g/mol. The fourth-order valence-corrected chi connectivity index (χ4v) is 12.9. The van der Waals surface area contributed by atoms with Crippen LogP contribution in [0.25, 0.3) is 40.0 Å². The van der Waals surface area contributed by atoms with Crippen molar-refractivity contribution < 1.29 is 0 Å². The van der Waals surface area contributed by atoms with Crippen molar-refractivity contribution in [1.29, 1.82) is 0 Å². The van der Waals surface area contributed by atoms with Gasteiger partial charge in [0.2, 0.25) is 0 Å². The van der Waals surface area contributed by atoms with E-state index in [0.29, 0.717) is 5.92 Å². The smallest absolute Gasteiger partial charge is 0.0707 e.